The monoisotopic (exact) mass is 406 g/mol. The van der Waals surface area contributed by atoms with Crippen molar-refractivity contribution < 1.29 is 13.2 Å². The molecular weight excluding hydrogens is 376 g/mol. The second-order valence-electron chi connectivity index (χ2n) is 8.92. The van der Waals surface area contributed by atoms with Crippen molar-refractivity contribution in [2.45, 2.75) is 37.1 Å². The molecule has 0 unspecified atom stereocenters. The maximum Gasteiger partial charge on any atom is 0.244 e. The average Bonchev–Trinajstić information content (AvgIpc) is 3.17. The molecule has 154 valence electrons. The van der Waals surface area contributed by atoms with Crippen molar-refractivity contribution >= 4 is 15.9 Å². The summed E-state index contributed by atoms with van der Waals surface area (Å²) in [5.41, 5.74) is -0.214. The molecule has 28 heavy (non-hydrogen) atoms. The molecule has 1 aromatic heterocycles. The van der Waals surface area contributed by atoms with Gasteiger partial charge in [0, 0.05) is 63.6 Å². The van der Waals surface area contributed by atoms with Crippen LogP contribution >= 0.6 is 0 Å². The molecule has 0 saturated carbocycles. The molecule has 2 atom stereocenters. The number of nitrogens with zero attached hydrogens (tertiary/aromatic N) is 4. The van der Waals surface area contributed by atoms with Gasteiger partial charge in [-0.2, -0.15) is 4.31 Å². The Morgan fingerprint density at radius 1 is 1.25 bits per heavy atom. The number of sulfonamides is 1. The van der Waals surface area contributed by atoms with Gasteiger partial charge in [0.15, 0.2) is 0 Å². The Labute approximate surface area is 167 Å². The summed E-state index contributed by atoms with van der Waals surface area (Å²) < 4.78 is 27.4. The third-order valence-corrected chi connectivity index (χ3v) is 8.77. The van der Waals surface area contributed by atoms with Crippen LogP contribution in [0.3, 0.4) is 0 Å². The van der Waals surface area contributed by atoms with E-state index in [0.717, 1.165) is 19.6 Å². The van der Waals surface area contributed by atoms with E-state index in [2.05, 4.69) is 23.7 Å². The minimum Gasteiger partial charge on any atom is -0.339 e. The Bertz CT molecular complexity index is 834. The Morgan fingerprint density at radius 2 is 1.96 bits per heavy atom. The predicted molar refractivity (Wildman–Crippen MR) is 106 cm³/mol. The van der Waals surface area contributed by atoms with Crippen molar-refractivity contribution in [1.82, 2.24) is 19.1 Å². The molecule has 0 bridgehead atoms. The van der Waals surface area contributed by atoms with Crippen molar-refractivity contribution in [3.8, 4) is 0 Å². The van der Waals surface area contributed by atoms with Gasteiger partial charge in [0.1, 0.15) is 4.90 Å². The van der Waals surface area contributed by atoms with E-state index in [1.807, 2.05) is 11.9 Å². The molecule has 3 aliphatic rings. The van der Waals surface area contributed by atoms with Gasteiger partial charge in [-0.1, -0.05) is 13.8 Å². The van der Waals surface area contributed by atoms with Crippen LogP contribution in [0, 0.1) is 17.8 Å². The minimum atomic E-state index is -3.53. The van der Waals surface area contributed by atoms with E-state index in [1.165, 1.54) is 6.20 Å². The number of amides is 1. The zero-order chi connectivity index (χ0) is 20.1. The summed E-state index contributed by atoms with van der Waals surface area (Å²) in [6.07, 6.45) is 4.38. The van der Waals surface area contributed by atoms with Gasteiger partial charge in [-0.15, -0.1) is 0 Å². The standard InChI is InChI=1S/C20H30N4O3S/c1-15(2)12-23-13-17-18(14-23)20(22(3)19(17)25)6-9-24(10-7-20)28(26,27)16-5-4-8-21-11-16/h4-5,8,11,15,17-18H,6-7,9-10,12-14H2,1-3H3/t17-,18+/m1/s1. The van der Waals surface area contributed by atoms with Crippen LogP contribution in [0.1, 0.15) is 26.7 Å². The summed E-state index contributed by atoms with van der Waals surface area (Å²) >= 11 is 0. The highest BCUT2D eigenvalue weighted by Crippen LogP contribution is 2.49. The molecule has 4 rings (SSSR count). The van der Waals surface area contributed by atoms with Gasteiger partial charge >= 0.3 is 0 Å². The highest BCUT2D eigenvalue weighted by molar-refractivity contribution is 7.89. The number of piperidine rings is 1. The SMILES string of the molecule is CC(C)CN1C[C@H]2C(=O)N(C)C3(CCN(S(=O)(=O)c4cccnc4)CC3)[C@H]2C1. The Hall–Kier alpha value is -1.51. The molecule has 3 saturated heterocycles. The molecule has 1 aromatic rings. The lowest BCUT2D eigenvalue weighted by molar-refractivity contribution is -0.133. The average molecular weight is 407 g/mol. The largest absolute Gasteiger partial charge is 0.339 e. The summed E-state index contributed by atoms with van der Waals surface area (Å²) in [5, 5.41) is 0. The molecule has 4 heterocycles. The van der Waals surface area contributed by atoms with Gasteiger partial charge in [0.05, 0.1) is 5.92 Å². The fourth-order valence-corrected chi connectivity index (χ4v) is 6.94. The number of aromatic nitrogens is 1. The molecular formula is C20H30N4O3S. The van der Waals surface area contributed by atoms with Crippen LogP contribution in [0.5, 0.6) is 0 Å². The van der Waals surface area contributed by atoms with Crippen LogP contribution in [-0.4, -0.2) is 78.7 Å². The normalized spacial score (nSPS) is 28.4. The second kappa shape index (κ2) is 7.07. The van der Waals surface area contributed by atoms with Crippen LogP contribution in [0.15, 0.2) is 29.4 Å². The van der Waals surface area contributed by atoms with E-state index >= 15 is 0 Å². The van der Waals surface area contributed by atoms with Gasteiger partial charge < -0.3 is 9.80 Å². The Morgan fingerprint density at radius 3 is 2.57 bits per heavy atom. The molecule has 0 aliphatic carbocycles. The summed E-state index contributed by atoms with van der Waals surface area (Å²) in [7, 11) is -1.62. The Kier molecular flexibility index (Phi) is 5.00. The maximum atomic E-state index is 13.0. The molecule has 1 spiro atoms. The van der Waals surface area contributed by atoms with E-state index in [-0.39, 0.29) is 22.3 Å². The molecule has 0 N–H and O–H groups in total. The lowest BCUT2D eigenvalue weighted by atomic mass is 9.75. The number of hydrogen-bond acceptors (Lipinski definition) is 5. The fourth-order valence-electron chi connectivity index (χ4n) is 5.53. The first-order valence-corrected chi connectivity index (χ1v) is 11.6. The molecule has 3 fully saturated rings. The summed E-state index contributed by atoms with van der Waals surface area (Å²) in [6.45, 7) is 8.10. The number of carbonyl (C=O) groups excluding carboxylic acids is 1. The number of pyridine rings is 1. The fraction of sp³-hybridized carbons (Fsp3) is 0.700. The zero-order valence-corrected chi connectivity index (χ0v) is 17.7. The summed E-state index contributed by atoms with van der Waals surface area (Å²) in [5.74, 6) is 1.17. The van der Waals surface area contributed by atoms with Crippen molar-refractivity contribution in [3.63, 3.8) is 0 Å². The van der Waals surface area contributed by atoms with E-state index in [4.69, 9.17) is 0 Å². The van der Waals surface area contributed by atoms with Gasteiger partial charge in [0.2, 0.25) is 15.9 Å². The van der Waals surface area contributed by atoms with E-state index in [1.54, 1.807) is 22.6 Å². The van der Waals surface area contributed by atoms with Gasteiger partial charge in [-0.3, -0.25) is 9.78 Å². The lowest BCUT2D eigenvalue weighted by Gasteiger charge is -2.46. The molecule has 1 amide bonds. The summed E-state index contributed by atoms with van der Waals surface area (Å²) in [6, 6.07) is 3.24. The molecule has 8 heteroatoms. The number of hydrogen-bond donors (Lipinski definition) is 0. The van der Waals surface area contributed by atoms with Crippen molar-refractivity contribution in [1.29, 1.82) is 0 Å². The first kappa shape index (κ1) is 19.8. The molecule has 3 aliphatic heterocycles. The van der Waals surface area contributed by atoms with Crippen LogP contribution in [0.4, 0.5) is 0 Å². The highest BCUT2D eigenvalue weighted by atomic mass is 32.2. The van der Waals surface area contributed by atoms with E-state index in [9.17, 15) is 13.2 Å². The van der Waals surface area contributed by atoms with Crippen molar-refractivity contribution in [2.24, 2.45) is 17.8 Å². The van der Waals surface area contributed by atoms with Crippen LogP contribution in [0.2, 0.25) is 0 Å². The number of rotatable bonds is 4. The Balaban J connectivity index is 1.52. The van der Waals surface area contributed by atoms with E-state index < -0.39 is 10.0 Å². The predicted octanol–water partition coefficient (Wildman–Crippen LogP) is 1.28. The van der Waals surface area contributed by atoms with Crippen LogP contribution in [-0.2, 0) is 14.8 Å². The first-order chi connectivity index (χ1) is 13.3. The lowest BCUT2D eigenvalue weighted by Crippen LogP contribution is -2.56. The number of carbonyl (C=O) groups is 1. The second-order valence-corrected chi connectivity index (χ2v) is 10.9. The van der Waals surface area contributed by atoms with Gasteiger partial charge in [-0.05, 0) is 30.9 Å². The van der Waals surface area contributed by atoms with E-state index in [0.29, 0.717) is 37.8 Å². The number of fused-ring (bicyclic) bond motifs is 2. The number of likely N-dealkylation sites (tertiary alicyclic amines) is 2. The molecule has 7 nitrogen and oxygen atoms in total. The van der Waals surface area contributed by atoms with Gasteiger partial charge in [-0.25, -0.2) is 8.42 Å². The zero-order valence-electron chi connectivity index (χ0n) is 16.9. The summed E-state index contributed by atoms with van der Waals surface area (Å²) in [4.78, 5) is 21.5. The third kappa shape index (κ3) is 3.06. The van der Waals surface area contributed by atoms with Gasteiger partial charge in [0.25, 0.3) is 0 Å². The first-order valence-electron chi connectivity index (χ1n) is 10.2. The third-order valence-electron chi connectivity index (χ3n) is 6.89. The minimum absolute atomic E-state index is 0.0604. The van der Waals surface area contributed by atoms with Crippen molar-refractivity contribution in [3.05, 3.63) is 24.5 Å². The highest BCUT2D eigenvalue weighted by Gasteiger charge is 2.60. The molecule has 0 aromatic carbocycles. The van der Waals surface area contributed by atoms with Crippen molar-refractivity contribution in [2.75, 3.05) is 39.8 Å². The topological polar surface area (TPSA) is 73.8 Å². The quantitative estimate of drug-likeness (QED) is 0.753. The maximum absolute atomic E-state index is 13.0. The molecule has 0 radical (unpaired) electrons. The van der Waals surface area contributed by atoms with Crippen LogP contribution < -0.4 is 0 Å². The van der Waals surface area contributed by atoms with Crippen LogP contribution in [0.25, 0.3) is 0 Å². The smallest absolute Gasteiger partial charge is 0.244 e.